The number of sulfonamides is 1. The molecule has 1 unspecified atom stereocenters. The normalized spacial score (nSPS) is 18.4. The van der Waals surface area contributed by atoms with Crippen molar-refractivity contribution in [2.75, 3.05) is 19.3 Å². The van der Waals surface area contributed by atoms with E-state index in [4.69, 9.17) is 4.74 Å². The highest BCUT2D eigenvalue weighted by atomic mass is 32.2. The standard InChI is InChI=1S/C15H24N2O3S/c1-11-5-6-14-12(7-11)8-13(20-14)9-16-10-15(2,3)17-21(4,18)19/h5-7,13,16-17H,8-10H2,1-4H3. The number of ether oxygens (including phenoxy) is 1. The summed E-state index contributed by atoms with van der Waals surface area (Å²) in [5, 5.41) is 3.29. The van der Waals surface area contributed by atoms with E-state index in [-0.39, 0.29) is 6.10 Å². The molecule has 0 saturated carbocycles. The van der Waals surface area contributed by atoms with Crippen molar-refractivity contribution in [1.29, 1.82) is 0 Å². The van der Waals surface area contributed by atoms with E-state index in [1.54, 1.807) is 0 Å². The van der Waals surface area contributed by atoms with Gasteiger partial charge in [0.25, 0.3) is 0 Å². The zero-order valence-electron chi connectivity index (χ0n) is 13.1. The summed E-state index contributed by atoms with van der Waals surface area (Å²) in [5.74, 6) is 0.959. The van der Waals surface area contributed by atoms with Gasteiger partial charge in [0.1, 0.15) is 11.9 Å². The third-order valence-corrected chi connectivity index (χ3v) is 4.28. The van der Waals surface area contributed by atoms with Crippen LogP contribution < -0.4 is 14.8 Å². The third kappa shape index (κ3) is 4.98. The molecule has 1 aliphatic rings. The molecule has 1 atom stereocenters. The average Bonchev–Trinajstić information content (AvgIpc) is 2.66. The lowest BCUT2D eigenvalue weighted by atomic mass is 10.1. The number of fused-ring (bicyclic) bond motifs is 1. The van der Waals surface area contributed by atoms with Gasteiger partial charge in [0, 0.05) is 25.0 Å². The summed E-state index contributed by atoms with van der Waals surface area (Å²) < 4.78 is 31.1. The Balaban J connectivity index is 1.81. The van der Waals surface area contributed by atoms with Crippen molar-refractivity contribution in [2.24, 2.45) is 0 Å². The largest absolute Gasteiger partial charge is 0.488 e. The number of hydrogen-bond acceptors (Lipinski definition) is 4. The van der Waals surface area contributed by atoms with Crippen LogP contribution in [0.15, 0.2) is 18.2 Å². The monoisotopic (exact) mass is 312 g/mol. The fraction of sp³-hybridized carbons (Fsp3) is 0.600. The van der Waals surface area contributed by atoms with E-state index in [1.165, 1.54) is 17.4 Å². The van der Waals surface area contributed by atoms with Gasteiger partial charge in [0.2, 0.25) is 10.0 Å². The van der Waals surface area contributed by atoms with Gasteiger partial charge in [-0.25, -0.2) is 13.1 Å². The summed E-state index contributed by atoms with van der Waals surface area (Å²) in [6, 6.07) is 6.22. The van der Waals surface area contributed by atoms with Crippen molar-refractivity contribution in [3.05, 3.63) is 29.3 Å². The first kappa shape index (κ1) is 16.3. The maximum absolute atomic E-state index is 11.3. The maximum atomic E-state index is 11.3. The molecular weight excluding hydrogens is 288 g/mol. The van der Waals surface area contributed by atoms with Crippen molar-refractivity contribution in [1.82, 2.24) is 10.0 Å². The highest BCUT2D eigenvalue weighted by Gasteiger charge is 2.25. The third-order valence-electron chi connectivity index (χ3n) is 3.36. The van der Waals surface area contributed by atoms with E-state index in [0.717, 1.165) is 12.2 Å². The van der Waals surface area contributed by atoms with Gasteiger partial charge in [-0.1, -0.05) is 17.7 Å². The van der Waals surface area contributed by atoms with Crippen LogP contribution in [0.4, 0.5) is 0 Å². The van der Waals surface area contributed by atoms with Crippen LogP contribution in [0.25, 0.3) is 0 Å². The van der Waals surface area contributed by atoms with Crippen LogP contribution in [0.5, 0.6) is 5.75 Å². The Morgan fingerprint density at radius 1 is 1.38 bits per heavy atom. The van der Waals surface area contributed by atoms with Crippen LogP contribution in [0.1, 0.15) is 25.0 Å². The van der Waals surface area contributed by atoms with E-state index in [9.17, 15) is 8.42 Å². The zero-order chi connectivity index (χ0) is 15.7. The molecule has 1 heterocycles. The maximum Gasteiger partial charge on any atom is 0.209 e. The van der Waals surface area contributed by atoms with Crippen LogP contribution >= 0.6 is 0 Å². The molecule has 5 nitrogen and oxygen atoms in total. The van der Waals surface area contributed by atoms with Gasteiger partial charge in [0.05, 0.1) is 6.26 Å². The molecular formula is C15H24N2O3S. The molecule has 0 aromatic heterocycles. The van der Waals surface area contributed by atoms with Gasteiger partial charge in [-0.15, -0.1) is 0 Å². The Morgan fingerprint density at radius 2 is 2.10 bits per heavy atom. The molecule has 0 fully saturated rings. The molecule has 0 spiro atoms. The lowest BCUT2D eigenvalue weighted by Crippen LogP contribution is -2.51. The van der Waals surface area contributed by atoms with Gasteiger partial charge in [0.15, 0.2) is 0 Å². The quantitative estimate of drug-likeness (QED) is 0.829. The van der Waals surface area contributed by atoms with Crippen molar-refractivity contribution >= 4 is 10.0 Å². The van der Waals surface area contributed by atoms with Crippen LogP contribution in [0.2, 0.25) is 0 Å². The molecule has 1 aromatic rings. The Kier molecular flexibility index (Phi) is 4.60. The molecule has 0 bridgehead atoms. The summed E-state index contributed by atoms with van der Waals surface area (Å²) in [7, 11) is -3.20. The number of hydrogen-bond donors (Lipinski definition) is 2. The van der Waals surface area contributed by atoms with Crippen LogP contribution in [-0.4, -0.2) is 39.4 Å². The predicted molar refractivity (Wildman–Crippen MR) is 84.2 cm³/mol. The predicted octanol–water partition coefficient (Wildman–Crippen LogP) is 1.22. The lowest BCUT2D eigenvalue weighted by Gasteiger charge is -2.26. The topological polar surface area (TPSA) is 67.4 Å². The molecule has 1 aromatic carbocycles. The van der Waals surface area contributed by atoms with E-state index in [1.807, 2.05) is 26.0 Å². The molecule has 21 heavy (non-hydrogen) atoms. The van der Waals surface area contributed by atoms with E-state index >= 15 is 0 Å². The fourth-order valence-electron chi connectivity index (χ4n) is 2.65. The lowest BCUT2D eigenvalue weighted by molar-refractivity contribution is 0.223. The van der Waals surface area contributed by atoms with Gasteiger partial charge in [-0.2, -0.15) is 0 Å². The fourth-order valence-corrected chi connectivity index (χ4v) is 3.72. The minimum Gasteiger partial charge on any atom is -0.488 e. The summed E-state index contributed by atoms with van der Waals surface area (Å²) in [6.07, 6.45) is 2.17. The Bertz CT molecular complexity index is 611. The zero-order valence-corrected chi connectivity index (χ0v) is 13.9. The first-order valence-corrected chi connectivity index (χ1v) is 9.00. The average molecular weight is 312 g/mol. The summed E-state index contributed by atoms with van der Waals surface area (Å²) >= 11 is 0. The number of rotatable bonds is 6. The van der Waals surface area contributed by atoms with Crippen LogP contribution in [0, 0.1) is 6.92 Å². The molecule has 6 heteroatoms. The second-order valence-electron chi connectivity index (χ2n) is 6.44. The molecule has 0 aliphatic carbocycles. The second kappa shape index (κ2) is 5.94. The molecule has 118 valence electrons. The van der Waals surface area contributed by atoms with Gasteiger partial charge < -0.3 is 10.1 Å². The highest BCUT2D eigenvalue weighted by molar-refractivity contribution is 7.88. The van der Waals surface area contributed by atoms with E-state index in [0.29, 0.717) is 13.1 Å². The Labute approximate surface area is 127 Å². The summed E-state index contributed by atoms with van der Waals surface area (Å²) in [5.41, 5.74) is 1.97. The van der Waals surface area contributed by atoms with Crippen molar-refractivity contribution in [2.45, 2.75) is 38.8 Å². The number of aryl methyl sites for hydroxylation is 1. The Morgan fingerprint density at radius 3 is 2.76 bits per heavy atom. The van der Waals surface area contributed by atoms with Crippen molar-refractivity contribution in [3.8, 4) is 5.75 Å². The highest BCUT2D eigenvalue weighted by Crippen LogP contribution is 2.29. The van der Waals surface area contributed by atoms with Gasteiger partial charge in [-0.3, -0.25) is 0 Å². The molecule has 2 rings (SSSR count). The van der Waals surface area contributed by atoms with Crippen LogP contribution in [0.3, 0.4) is 0 Å². The van der Waals surface area contributed by atoms with E-state index < -0.39 is 15.6 Å². The first-order valence-electron chi connectivity index (χ1n) is 7.10. The minimum absolute atomic E-state index is 0.107. The molecule has 1 aliphatic heterocycles. The first-order chi connectivity index (χ1) is 9.65. The summed E-state index contributed by atoms with van der Waals surface area (Å²) in [4.78, 5) is 0. The molecule has 0 saturated heterocycles. The number of nitrogens with one attached hydrogen (secondary N) is 2. The minimum atomic E-state index is -3.20. The smallest absolute Gasteiger partial charge is 0.209 e. The van der Waals surface area contributed by atoms with Gasteiger partial charge >= 0.3 is 0 Å². The van der Waals surface area contributed by atoms with E-state index in [2.05, 4.69) is 23.0 Å². The van der Waals surface area contributed by atoms with Crippen molar-refractivity contribution in [3.63, 3.8) is 0 Å². The summed E-state index contributed by atoms with van der Waals surface area (Å²) in [6.45, 7) is 7.03. The van der Waals surface area contributed by atoms with Crippen LogP contribution in [-0.2, 0) is 16.4 Å². The van der Waals surface area contributed by atoms with Crippen molar-refractivity contribution < 1.29 is 13.2 Å². The second-order valence-corrected chi connectivity index (χ2v) is 8.19. The number of benzene rings is 1. The molecule has 0 radical (unpaired) electrons. The molecule has 2 N–H and O–H groups in total. The van der Waals surface area contributed by atoms with Gasteiger partial charge in [-0.05, 0) is 32.4 Å². The molecule has 0 amide bonds. The Hall–Kier alpha value is -1.11. The SMILES string of the molecule is Cc1ccc2c(c1)CC(CNCC(C)(C)NS(C)(=O)=O)O2.